The van der Waals surface area contributed by atoms with E-state index in [1.807, 2.05) is 6.07 Å². The van der Waals surface area contributed by atoms with Gasteiger partial charge in [0.25, 0.3) is 5.91 Å². The molecule has 0 bridgehead atoms. The Labute approximate surface area is 181 Å². The number of benzene rings is 2. The van der Waals surface area contributed by atoms with Crippen molar-refractivity contribution in [2.75, 3.05) is 5.32 Å². The third-order valence-electron chi connectivity index (χ3n) is 5.05. The Balaban J connectivity index is 1.47. The van der Waals surface area contributed by atoms with E-state index in [1.165, 1.54) is 18.2 Å². The zero-order valence-electron chi connectivity index (χ0n) is 16.3. The second-order valence-corrected chi connectivity index (χ2v) is 7.68. The Hall–Kier alpha value is -3.59. The number of carbonyl (C=O) groups excluding carboxylic acids is 1. The lowest BCUT2D eigenvalue weighted by Crippen LogP contribution is -2.14. The first-order chi connectivity index (χ1) is 15.0. The molecule has 1 saturated carbocycles. The molecular formula is C21H16ClFN6O2. The number of carbonyl (C=O) groups is 1. The van der Waals surface area contributed by atoms with Crippen LogP contribution in [0, 0.1) is 12.7 Å². The number of aromatic nitrogens is 5. The van der Waals surface area contributed by atoms with E-state index < -0.39 is 11.7 Å². The minimum Gasteiger partial charge on any atom is -0.360 e. The second-order valence-electron chi connectivity index (χ2n) is 7.27. The average molecular weight is 439 g/mol. The predicted octanol–water partition coefficient (Wildman–Crippen LogP) is 4.68. The summed E-state index contributed by atoms with van der Waals surface area (Å²) >= 11 is 6.16. The van der Waals surface area contributed by atoms with Gasteiger partial charge in [-0.25, -0.2) is 9.07 Å². The first-order valence-corrected chi connectivity index (χ1v) is 10.0. The van der Waals surface area contributed by atoms with Crippen LogP contribution in [0.15, 0.2) is 47.0 Å². The van der Waals surface area contributed by atoms with E-state index in [4.69, 9.17) is 16.1 Å². The minimum atomic E-state index is -0.594. The van der Waals surface area contributed by atoms with Crippen molar-refractivity contribution in [2.24, 2.45) is 0 Å². The molecule has 31 heavy (non-hydrogen) atoms. The van der Waals surface area contributed by atoms with Crippen molar-refractivity contribution in [1.29, 1.82) is 0 Å². The van der Waals surface area contributed by atoms with Crippen molar-refractivity contribution in [3.8, 4) is 22.6 Å². The quantitative estimate of drug-likeness (QED) is 0.485. The molecule has 2 aromatic heterocycles. The molecule has 10 heteroatoms. The summed E-state index contributed by atoms with van der Waals surface area (Å²) in [5.74, 6) is -0.199. The molecule has 0 saturated heterocycles. The number of hydrogen-bond donors (Lipinski definition) is 1. The van der Waals surface area contributed by atoms with Gasteiger partial charge in [-0.15, -0.1) is 5.10 Å². The van der Waals surface area contributed by atoms with Crippen LogP contribution in [0.1, 0.15) is 35.0 Å². The highest BCUT2D eigenvalue weighted by Gasteiger charge is 2.29. The third kappa shape index (κ3) is 3.57. The Morgan fingerprint density at radius 1 is 1.26 bits per heavy atom. The molecule has 5 rings (SSSR count). The summed E-state index contributed by atoms with van der Waals surface area (Å²) in [6.07, 6.45) is 2.09. The van der Waals surface area contributed by atoms with Crippen molar-refractivity contribution < 1.29 is 13.7 Å². The summed E-state index contributed by atoms with van der Waals surface area (Å²) in [5, 5.41) is 18.8. The lowest BCUT2D eigenvalue weighted by atomic mass is 10.0. The van der Waals surface area contributed by atoms with Gasteiger partial charge in [-0.2, -0.15) is 0 Å². The highest BCUT2D eigenvalue weighted by Crippen LogP contribution is 2.37. The van der Waals surface area contributed by atoms with Gasteiger partial charge >= 0.3 is 0 Å². The van der Waals surface area contributed by atoms with Gasteiger partial charge in [-0.1, -0.05) is 35.0 Å². The van der Waals surface area contributed by atoms with Gasteiger partial charge in [-0.05, 0) is 54.5 Å². The fourth-order valence-electron chi connectivity index (χ4n) is 3.41. The number of nitrogens with zero attached hydrogens (tertiary/aromatic N) is 5. The Kier molecular flexibility index (Phi) is 4.74. The number of anilines is 1. The van der Waals surface area contributed by atoms with Gasteiger partial charge in [0, 0.05) is 11.3 Å². The molecule has 1 aliphatic carbocycles. The van der Waals surface area contributed by atoms with Gasteiger partial charge in [0.1, 0.15) is 22.8 Å². The SMILES string of the molecule is Cc1onc(-c2c(F)cccc2Cl)c1C(=O)Nc1cccc(-c2nnnn2C2CC2)c1. The van der Waals surface area contributed by atoms with Crippen molar-refractivity contribution in [3.63, 3.8) is 0 Å². The van der Waals surface area contributed by atoms with Gasteiger partial charge < -0.3 is 9.84 Å². The van der Waals surface area contributed by atoms with Crippen LogP contribution in [0.4, 0.5) is 10.1 Å². The molecule has 1 fully saturated rings. The molecule has 156 valence electrons. The van der Waals surface area contributed by atoms with Crippen molar-refractivity contribution in [2.45, 2.75) is 25.8 Å². The monoisotopic (exact) mass is 438 g/mol. The lowest BCUT2D eigenvalue weighted by molar-refractivity contribution is 0.102. The fourth-order valence-corrected chi connectivity index (χ4v) is 3.67. The fraction of sp³-hybridized carbons (Fsp3) is 0.190. The van der Waals surface area contributed by atoms with E-state index >= 15 is 0 Å². The first-order valence-electron chi connectivity index (χ1n) is 9.63. The number of hydrogen-bond acceptors (Lipinski definition) is 6. The van der Waals surface area contributed by atoms with E-state index in [1.54, 1.807) is 29.8 Å². The molecule has 8 nitrogen and oxygen atoms in total. The number of tetrazole rings is 1. The van der Waals surface area contributed by atoms with Crippen LogP contribution in [-0.2, 0) is 0 Å². The van der Waals surface area contributed by atoms with Crippen LogP contribution in [0.25, 0.3) is 22.6 Å². The molecule has 0 unspecified atom stereocenters. The van der Waals surface area contributed by atoms with E-state index in [2.05, 4.69) is 26.0 Å². The maximum absolute atomic E-state index is 14.4. The smallest absolute Gasteiger partial charge is 0.261 e. The summed E-state index contributed by atoms with van der Waals surface area (Å²) in [6, 6.07) is 11.8. The molecule has 2 aromatic carbocycles. The first kappa shape index (κ1) is 19.4. The van der Waals surface area contributed by atoms with E-state index in [9.17, 15) is 9.18 Å². The van der Waals surface area contributed by atoms with Crippen LogP contribution in [0.5, 0.6) is 0 Å². The van der Waals surface area contributed by atoms with Gasteiger partial charge in [0.2, 0.25) is 0 Å². The number of amides is 1. The maximum Gasteiger partial charge on any atom is 0.261 e. The molecule has 1 aliphatic rings. The van der Waals surface area contributed by atoms with Crippen molar-refractivity contribution in [3.05, 3.63) is 64.6 Å². The summed E-state index contributed by atoms with van der Waals surface area (Å²) in [6.45, 7) is 1.58. The van der Waals surface area contributed by atoms with Gasteiger partial charge in [0.15, 0.2) is 5.82 Å². The van der Waals surface area contributed by atoms with Crippen LogP contribution in [-0.4, -0.2) is 31.3 Å². The lowest BCUT2D eigenvalue weighted by Gasteiger charge is -2.09. The Morgan fingerprint density at radius 2 is 2.06 bits per heavy atom. The summed E-state index contributed by atoms with van der Waals surface area (Å²) in [5.41, 5.74) is 1.48. The van der Waals surface area contributed by atoms with Crippen LogP contribution < -0.4 is 5.32 Å². The molecular weight excluding hydrogens is 423 g/mol. The third-order valence-corrected chi connectivity index (χ3v) is 5.37. The average Bonchev–Trinajstić information content (AvgIpc) is 3.34. The number of halogens is 2. The highest BCUT2D eigenvalue weighted by molar-refractivity contribution is 6.33. The summed E-state index contributed by atoms with van der Waals surface area (Å²) in [4.78, 5) is 13.1. The molecule has 0 atom stereocenters. The molecule has 0 radical (unpaired) electrons. The molecule has 1 amide bonds. The Bertz CT molecular complexity index is 1280. The normalized spacial score (nSPS) is 13.4. The number of nitrogens with one attached hydrogen (secondary N) is 1. The standard InChI is InChI=1S/C21H16ClFN6O2/c1-11-17(19(26-31-11)18-15(22)6-3-7-16(18)23)21(30)24-13-5-2-4-12(10-13)20-25-27-28-29(20)14-8-9-14/h2-7,10,14H,8-9H2,1H3,(H,24,30). The van der Waals surface area contributed by atoms with Gasteiger partial charge in [0.05, 0.1) is 16.6 Å². The zero-order chi connectivity index (χ0) is 21.5. The van der Waals surface area contributed by atoms with Crippen LogP contribution >= 0.6 is 11.6 Å². The highest BCUT2D eigenvalue weighted by atomic mass is 35.5. The molecule has 2 heterocycles. The van der Waals surface area contributed by atoms with Crippen LogP contribution in [0.2, 0.25) is 5.02 Å². The van der Waals surface area contributed by atoms with E-state index in [0.717, 1.165) is 18.4 Å². The molecule has 0 spiro atoms. The maximum atomic E-state index is 14.4. The zero-order valence-corrected chi connectivity index (χ0v) is 17.1. The summed E-state index contributed by atoms with van der Waals surface area (Å²) < 4.78 is 21.4. The molecule has 4 aromatic rings. The van der Waals surface area contributed by atoms with Crippen molar-refractivity contribution in [1.82, 2.24) is 25.4 Å². The Morgan fingerprint density at radius 3 is 2.84 bits per heavy atom. The van der Waals surface area contributed by atoms with Crippen molar-refractivity contribution >= 4 is 23.2 Å². The molecule has 0 aliphatic heterocycles. The number of aryl methyl sites for hydroxylation is 1. The minimum absolute atomic E-state index is 0.0172. The largest absolute Gasteiger partial charge is 0.360 e. The second kappa shape index (κ2) is 7.59. The molecule has 1 N–H and O–H groups in total. The van der Waals surface area contributed by atoms with Gasteiger partial charge in [-0.3, -0.25) is 4.79 Å². The van der Waals surface area contributed by atoms with E-state index in [0.29, 0.717) is 17.6 Å². The predicted molar refractivity (Wildman–Crippen MR) is 111 cm³/mol. The number of rotatable bonds is 5. The van der Waals surface area contributed by atoms with E-state index in [-0.39, 0.29) is 27.6 Å². The summed E-state index contributed by atoms with van der Waals surface area (Å²) in [7, 11) is 0. The van der Waals surface area contributed by atoms with Crippen LogP contribution in [0.3, 0.4) is 0 Å². The topological polar surface area (TPSA) is 98.7 Å².